The van der Waals surface area contributed by atoms with Crippen LogP contribution in [0.5, 0.6) is 0 Å². The first kappa shape index (κ1) is 65.4. The lowest BCUT2D eigenvalue weighted by molar-refractivity contribution is -0.167. The highest BCUT2D eigenvalue weighted by molar-refractivity contribution is 5.71. The Balaban J connectivity index is 4.24. The van der Waals surface area contributed by atoms with Gasteiger partial charge in [0.25, 0.3) is 0 Å². The van der Waals surface area contributed by atoms with Crippen molar-refractivity contribution < 1.29 is 28.6 Å². The van der Waals surface area contributed by atoms with E-state index in [9.17, 15) is 14.4 Å². The van der Waals surface area contributed by atoms with Gasteiger partial charge in [0.15, 0.2) is 6.10 Å². The zero-order valence-electron chi connectivity index (χ0n) is 45.4. The number of rotatable bonds is 54. The predicted octanol–water partition coefficient (Wildman–Crippen LogP) is 19.8. The summed E-state index contributed by atoms with van der Waals surface area (Å²) in [5, 5.41) is 0. The summed E-state index contributed by atoms with van der Waals surface area (Å²) in [7, 11) is 0. The Kier molecular flexibility index (Phi) is 54.8. The van der Waals surface area contributed by atoms with Crippen molar-refractivity contribution in [3.63, 3.8) is 0 Å². The van der Waals surface area contributed by atoms with Crippen LogP contribution in [0.1, 0.15) is 310 Å². The fourth-order valence-corrected chi connectivity index (χ4v) is 8.56. The Bertz CT molecular complexity index is 1190. The van der Waals surface area contributed by atoms with E-state index in [0.29, 0.717) is 19.3 Å². The van der Waals surface area contributed by atoms with Gasteiger partial charge in [0.05, 0.1) is 0 Å². The largest absolute Gasteiger partial charge is 0.462 e. The molecule has 0 aliphatic carbocycles. The molecule has 396 valence electrons. The van der Waals surface area contributed by atoms with Gasteiger partial charge < -0.3 is 14.2 Å². The highest BCUT2D eigenvalue weighted by Gasteiger charge is 2.19. The molecular weight excluding hydrogens is 841 g/mol. The molecule has 6 heteroatoms. The van der Waals surface area contributed by atoms with Crippen molar-refractivity contribution >= 4 is 17.9 Å². The van der Waals surface area contributed by atoms with Gasteiger partial charge in [-0.05, 0) is 83.5 Å². The first-order chi connectivity index (χ1) is 33.5. The van der Waals surface area contributed by atoms with Gasteiger partial charge in [-0.1, -0.05) is 256 Å². The van der Waals surface area contributed by atoms with Crippen molar-refractivity contribution in [2.75, 3.05) is 13.2 Å². The van der Waals surface area contributed by atoms with Crippen molar-refractivity contribution in [3.05, 3.63) is 48.6 Å². The molecule has 0 bridgehead atoms. The number of allylic oxidation sites excluding steroid dienone is 8. The molecular formula is C62H112O6. The Labute approximate surface area is 422 Å². The van der Waals surface area contributed by atoms with Crippen LogP contribution in [-0.2, 0) is 28.6 Å². The molecule has 6 nitrogen and oxygen atoms in total. The second kappa shape index (κ2) is 57.0. The van der Waals surface area contributed by atoms with E-state index >= 15 is 0 Å². The monoisotopic (exact) mass is 953 g/mol. The summed E-state index contributed by atoms with van der Waals surface area (Å²) in [5.74, 6) is -0.874. The van der Waals surface area contributed by atoms with Crippen LogP contribution in [0.2, 0.25) is 0 Å². The summed E-state index contributed by atoms with van der Waals surface area (Å²) >= 11 is 0. The minimum atomic E-state index is -0.776. The van der Waals surface area contributed by atoms with Crippen LogP contribution in [0.3, 0.4) is 0 Å². The Morgan fingerprint density at radius 2 is 0.529 bits per heavy atom. The van der Waals surface area contributed by atoms with E-state index in [1.807, 2.05) is 0 Å². The summed E-state index contributed by atoms with van der Waals surface area (Å²) < 4.78 is 16.9. The molecule has 1 unspecified atom stereocenters. The third kappa shape index (κ3) is 54.3. The van der Waals surface area contributed by atoms with Crippen LogP contribution < -0.4 is 0 Å². The highest BCUT2D eigenvalue weighted by atomic mass is 16.6. The van der Waals surface area contributed by atoms with Crippen molar-refractivity contribution in [1.29, 1.82) is 0 Å². The zero-order valence-corrected chi connectivity index (χ0v) is 45.4. The van der Waals surface area contributed by atoms with Crippen LogP contribution in [0, 0.1) is 0 Å². The maximum absolute atomic E-state index is 12.8. The topological polar surface area (TPSA) is 78.9 Å². The number of ether oxygens (including phenoxy) is 3. The quantitative estimate of drug-likeness (QED) is 0.0262. The first-order valence-electron chi connectivity index (χ1n) is 29.6. The van der Waals surface area contributed by atoms with Crippen LogP contribution in [-0.4, -0.2) is 37.2 Å². The van der Waals surface area contributed by atoms with Gasteiger partial charge in [0, 0.05) is 19.3 Å². The molecule has 0 spiro atoms. The second-order valence-corrected chi connectivity index (χ2v) is 19.9. The average Bonchev–Trinajstić information content (AvgIpc) is 3.34. The molecule has 0 saturated heterocycles. The van der Waals surface area contributed by atoms with Gasteiger partial charge in [-0.2, -0.15) is 0 Å². The Morgan fingerprint density at radius 1 is 0.294 bits per heavy atom. The second-order valence-electron chi connectivity index (χ2n) is 19.9. The molecule has 0 aromatic carbocycles. The summed E-state index contributed by atoms with van der Waals surface area (Å²) in [6.07, 6.45) is 69.6. The van der Waals surface area contributed by atoms with E-state index in [1.54, 1.807) is 0 Å². The third-order valence-electron chi connectivity index (χ3n) is 13.1. The van der Waals surface area contributed by atoms with Crippen molar-refractivity contribution in [1.82, 2.24) is 0 Å². The fourth-order valence-electron chi connectivity index (χ4n) is 8.56. The molecule has 0 rings (SSSR count). The van der Waals surface area contributed by atoms with Crippen LogP contribution >= 0.6 is 0 Å². The van der Waals surface area contributed by atoms with Crippen molar-refractivity contribution in [3.8, 4) is 0 Å². The number of unbranched alkanes of at least 4 members (excludes halogenated alkanes) is 35. The Hall–Kier alpha value is -2.63. The molecule has 0 aromatic heterocycles. The van der Waals surface area contributed by atoms with Crippen LogP contribution in [0.15, 0.2) is 48.6 Å². The normalized spacial score (nSPS) is 12.3. The van der Waals surface area contributed by atoms with Gasteiger partial charge >= 0.3 is 17.9 Å². The van der Waals surface area contributed by atoms with Crippen LogP contribution in [0.25, 0.3) is 0 Å². The average molecular weight is 954 g/mol. The summed E-state index contributed by atoms with van der Waals surface area (Å²) in [6, 6.07) is 0. The summed E-state index contributed by atoms with van der Waals surface area (Å²) in [6.45, 7) is 6.63. The minimum Gasteiger partial charge on any atom is -0.462 e. The molecule has 0 N–H and O–H groups in total. The number of carbonyl (C=O) groups is 3. The third-order valence-corrected chi connectivity index (χ3v) is 13.1. The number of hydrogen-bond acceptors (Lipinski definition) is 6. The molecule has 0 saturated carbocycles. The number of hydrogen-bond donors (Lipinski definition) is 0. The van der Waals surface area contributed by atoms with Gasteiger partial charge in [-0.3, -0.25) is 14.4 Å². The van der Waals surface area contributed by atoms with E-state index in [0.717, 1.165) is 77.0 Å². The maximum atomic E-state index is 12.8. The van der Waals surface area contributed by atoms with Gasteiger partial charge in [-0.25, -0.2) is 0 Å². The summed E-state index contributed by atoms with van der Waals surface area (Å²) in [4.78, 5) is 38.1. The maximum Gasteiger partial charge on any atom is 0.306 e. The van der Waals surface area contributed by atoms with Gasteiger partial charge in [0.1, 0.15) is 13.2 Å². The molecule has 68 heavy (non-hydrogen) atoms. The number of carbonyl (C=O) groups excluding carboxylic acids is 3. The fraction of sp³-hybridized carbons (Fsp3) is 0.823. The molecule has 0 amide bonds. The van der Waals surface area contributed by atoms with Crippen LogP contribution in [0.4, 0.5) is 0 Å². The van der Waals surface area contributed by atoms with Gasteiger partial charge in [0.2, 0.25) is 0 Å². The van der Waals surface area contributed by atoms with E-state index in [2.05, 4.69) is 69.4 Å². The highest BCUT2D eigenvalue weighted by Crippen LogP contribution is 2.16. The number of esters is 3. The van der Waals surface area contributed by atoms with E-state index in [1.165, 1.54) is 193 Å². The lowest BCUT2D eigenvalue weighted by Gasteiger charge is -2.18. The summed E-state index contributed by atoms with van der Waals surface area (Å²) in [5.41, 5.74) is 0. The molecule has 0 heterocycles. The first-order valence-corrected chi connectivity index (χ1v) is 29.6. The molecule has 0 radical (unpaired) electrons. The van der Waals surface area contributed by atoms with Gasteiger partial charge in [-0.15, -0.1) is 0 Å². The predicted molar refractivity (Wildman–Crippen MR) is 293 cm³/mol. The zero-order chi connectivity index (χ0) is 49.3. The Morgan fingerprint density at radius 3 is 0.853 bits per heavy atom. The minimum absolute atomic E-state index is 0.0745. The van der Waals surface area contributed by atoms with Crippen molar-refractivity contribution in [2.24, 2.45) is 0 Å². The molecule has 1 atom stereocenters. The van der Waals surface area contributed by atoms with Crippen molar-refractivity contribution in [2.45, 2.75) is 316 Å². The molecule has 0 aliphatic heterocycles. The standard InChI is InChI=1S/C62H112O6/c1-4-7-10-13-16-19-22-25-26-27-28-29-30-31-32-33-34-35-36-38-40-43-46-49-52-55-61(64)67-58-59(57-66-60(63)54-51-48-45-42-39-24-21-18-15-12-9-6-3)68-62(65)56-53-50-47-44-41-37-23-20-17-14-11-8-5-2/h20,22-23,25,27-28,30-31,59H,4-19,21,24,26,29,32-58H2,1-3H3/b23-20-,25-22-,28-27-,31-30-. The lowest BCUT2D eigenvalue weighted by Crippen LogP contribution is -2.30. The smallest absolute Gasteiger partial charge is 0.306 e. The molecule has 0 aromatic rings. The lowest BCUT2D eigenvalue weighted by atomic mass is 10.0. The van der Waals surface area contributed by atoms with E-state index < -0.39 is 6.10 Å². The van der Waals surface area contributed by atoms with E-state index in [-0.39, 0.29) is 31.1 Å². The molecule has 0 aliphatic rings. The molecule has 0 fully saturated rings. The SMILES string of the molecule is CCCCCC/C=C\CCCCCCCC(=O)OC(COC(=O)CCCCCCCCCCCC/C=C\C/C=C\C/C=C\CCCCCCC)COC(=O)CCCCCCCCCCCCCC. The van der Waals surface area contributed by atoms with E-state index in [4.69, 9.17) is 14.2 Å².